The molecule has 7 aromatic rings. The van der Waals surface area contributed by atoms with Gasteiger partial charge >= 0.3 is 6.09 Å². The molecule has 3 aromatic carbocycles. The van der Waals surface area contributed by atoms with Gasteiger partial charge in [-0.1, -0.05) is 84.9 Å². The van der Waals surface area contributed by atoms with E-state index in [2.05, 4.69) is 133 Å². The van der Waals surface area contributed by atoms with Crippen molar-refractivity contribution in [1.82, 2.24) is 34.6 Å². The van der Waals surface area contributed by atoms with Crippen molar-refractivity contribution < 1.29 is 14.3 Å². The Balaban J connectivity index is 0.899. The number of hydrogen-bond acceptors (Lipinski definition) is 9. The highest BCUT2D eigenvalue weighted by molar-refractivity contribution is 5.68. The number of benzene rings is 3. The molecule has 1 saturated carbocycles. The summed E-state index contributed by atoms with van der Waals surface area (Å²) >= 11 is 0. The number of rotatable bonds is 23. The highest BCUT2D eigenvalue weighted by Gasteiger charge is 2.49. The maximum Gasteiger partial charge on any atom is 0.410 e. The van der Waals surface area contributed by atoms with E-state index in [1.165, 1.54) is 5.56 Å². The number of amides is 1. The maximum absolute atomic E-state index is 13.9. The van der Waals surface area contributed by atoms with Crippen LogP contribution >= 0.6 is 0 Å². The Kier molecular flexibility index (Phi) is 17.0. The Bertz CT molecular complexity index is 2530. The molecule has 0 bridgehead atoms. The third kappa shape index (κ3) is 14.4. The molecule has 9 rings (SSSR count). The van der Waals surface area contributed by atoms with Gasteiger partial charge < -0.3 is 14.4 Å². The Morgan fingerprint density at radius 1 is 0.514 bits per heavy atom. The third-order valence-corrected chi connectivity index (χ3v) is 13.3. The van der Waals surface area contributed by atoms with E-state index in [4.69, 9.17) is 9.47 Å². The lowest BCUT2D eigenvalue weighted by Crippen LogP contribution is -2.33. The van der Waals surface area contributed by atoms with Crippen LogP contribution < -0.4 is 4.74 Å². The van der Waals surface area contributed by atoms with E-state index in [-0.39, 0.29) is 6.09 Å². The van der Waals surface area contributed by atoms with Crippen LogP contribution in [0.3, 0.4) is 0 Å². The second-order valence-corrected chi connectivity index (χ2v) is 18.6. The van der Waals surface area contributed by atoms with E-state index in [1.807, 2.05) is 84.3 Å². The SMILES string of the molecule is O=C(OCC1[C@H]2CCC#CCC[C@@H]12)N(CCCCOc1cc(CN(Cc2ccccn2)Cc2ccccn2)cc(CN(Cc2ccccn2)Cc2ccccn2)c1)Cc1ccc(-c2ccccc2)cc1. The van der Waals surface area contributed by atoms with Gasteiger partial charge in [0.25, 0.3) is 0 Å². The van der Waals surface area contributed by atoms with Crippen molar-refractivity contribution in [2.45, 2.75) is 84.3 Å². The molecule has 2 aliphatic rings. The monoisotopic (exact) mass is 929 g/mol. The molecule has 1 unspecified atom stereocenters. The van der Waals surface area contributed by atoms with Gasteiger partial charge in [0.2, 0.25) is 0 Å². The van der Waals surface area contributed by atoms with Crippen LogP contribution in [-0.2, 0) is 50.6 Å². The smallest absolute Gasteiger partial charge is 0.410 e. The molecule has 1 amide bonds. The minimum atomic E-state index is -0.247. The lowest BCUT2D eigenvalue weighted by Gasteiger charge is -2.25. The quantitative estimate of drug-likeness (QED) is 0.0459. The number of fused-ring (bicyclic) bond motifs is 1. The largest absolute Gasteiger partial charge is 0.494 e. The minimum absolute atomic E-state index is 0.247. The summed E-state index contributed by atoms with van der Waals surface area (Å²) in [5.41, 5.74) is 9.65. The first-order valence-electron chi connectivity index (χ1n) is 24.9. The van der Waals surface area contributed by atoms with Crippen molar-refractivity contribution in [1.29, 1.82) is 0 Å². The first-order chi connectivity index (χ1) is 34.6. The highest BCUT2D eigenvalue weighted by Crippen LogP contribution is 2.52. The molecule has 0 saturated heterocycles. The topological polar surface area (TPSA) is 96.8 Å². The summed E-state index contributed by atoms with van der Waals surface area (Å²) in [6, 6.07) is 49.8. The summed E-state index contributed by atoms with van der Waals surface area (Å²) in [6.45, 7) is 6.00. The number of pyridine rings is 4. The fourth-order valence-corrected chi connectivity index (χ4v) is 9.75. The van der Waals surface area contributed by atoms with Gasteiger partial charge in [-0.15, -0.1) is 11.8 Å². The maximum atomic E-state index is 13.9. The first-order valence-corrected chi connectivity index (χ1v) is 24.9. The van der Waals surface area contributed by atoms with Gasteiger partial charge in [0.05, 0.1) is 36.0 Å². The highest BCUT2D eigenvalue weighted by atomic mass is 16.6. The molecule has 0 spiro atoms. The van der Waals surface area contributed by atoms with Gasteiger partial charge in [0, 0.05) is 90.0 Å². The number of aromatic nitrogens is 4. The molecule has 2 aliphatic carbocycles. The van der Waals surface area contributed by atoms with Crippen LogP contribution in [0.2, 0.25) is 0 Å². The molecule has 4 aromatic heterocycles. The van der Waals surface area contributed by atoms with Crippen LogP contribution in [0.15, 0.2) is 170 Å². The van der Waals surface area contributed by atoms with Crippen molar-refractivity contribution in [2.75, 3.05) is 19.8 Å². The Labute approximate surface area is 413 Å². The lowest BCUT2D eigenvalue weighted by molar-refractivity contribution is 0.0918. The average Bonchev–Trinajstić information content (AvgIpc) is 4.04. The van der Waals surface area contributed by atoms with Crippen LogP contribution in [0.25, 0.3) is 11.1 Å². The molecular weight excluding hydrogens is 867 g/mol. The number of carbonyl (C=O) groups is 1. The lowest BCUT2D eigenvalue weighted by atomic mass is 10.0. The van der Waals surface area contributed by atoms with Crippen molar-refractivity contribution in [3.05, 3.63) is 210 Å². The van der Waals surface area contributed by atoms with Crippen LogP contribution in [0.5, 0.6) is 5.75 Å². The molecule has 1 fully saturated rings. The molecule has 70 heavy (non-hydrogen) atoms. The Morgan fingerprint density at radius 3 is 1.49 bits per heavy atom. The molecule has 0 N–H and O–H groups in total. The molecule has 356 valence electrons. The van der Waals surface area contributed by atoms with Crippen molar-refractivity contribution in [2.24, 2.45) is 17.8 Å². The summed E-state index contributed by atoms with van der Waals surface area (Å²) in [7, 11) is 0. The number of unbranched alkanes of at least 4 members (excludes halogenated alkanes) is 1. The predicted octanol–water partition coefficient (Wildman–Crippen LogP) is 11.6. The zero-order valence-electron chi connectivity index (χ0n) is 40.1. The zero-order valence-corrected chi connectivity index (χ0v) is 40.1. The fraction of sp³-hybridized carbons (Fsp3) is 0.317. The first kappa shape index (κ1) is 47.9. The molecule has 10 nitrogen and oxygen atoms in total. The van der Waals surface area contributed by atoms with Crippen LogP contribution in [0, 0.1) is 29.6 Å². The number of carbonyl (C=O) groups excluding carboxylic acids is 1. The summed E-state index contributed by atoms with van der Waals surface area (Å²) in [5, 5.41) is 0. The third-order valence-electron chi connectivity index (χ3n) is 13.3. The summed E-state index contributed by atoms with van der Waals surface area (Å²) in [5.74, 6) is 9.08. The Hall–Kier alpha value is -7.19. The molecule has 3 atom stereocenters. The molecular formula is C60H63N7O3. The van der Waals surface area contributed by atoms with Crippen LogP contribution in [-0.4, -0.2) is 60.5 Å². The van der Waals surface area contributed by atoms with Crippen molar-refractivity contribution in [3.8, 4) is 28.7 Å². The molecule has 4 heterocycles. The second-order valence-electron chi connectivity index (χ2n) is 18.6. The molecule has 10 heteroatoms. The van der Waals surface area contributed by atoms with Gasteiger partial charge in [0.1, 0.15) is 5.75 Å². The summed E-state index contributed by atoms with van der Waals surface area (Å²) in [6.07, 6.45) is 12.8. The number of nitrogens with zero attached hydrogens (tertiary/aromatic N) is 7. The number of ether oxygens (including phenoxy) is 2. The van der Waals surface area contributed by atoms with Gasteiger partial charge in [-0.2, -0.15) is 0 Å². The van der Waals surface area contributed by atoms with Crippen molar-refractivity contribution >= 4 is 6.09 Å². The normalized spacial score (nSPS) is 16.1. The van der Waals surface area contributed by atoms with Gasteiger partial charge in [-0.25, -0.2) is 4.79 Å². The zero-order chi connectivity index (χ0) is 47.6. The van der Waals surface area contributed by atoms with E-state index in [0.717, 1.165) is 89.3 Å². The van der Waals surface area contributed by atoms with E-state index in [1.54, 1.807) is 0 Å². The van der Waals surface area contributed by atoms with Crippen molar-refractivity contribution in [3.63, 3.8) is 0 Å². The molecule has 0 radical (unpaired) electrons. The fourth-order valence-electron chi connectivity index (χ4n) is 9.75. The van der Waals surface area contributed by atoms with Crippen LogP contribution in [0.4, 0.5) is 4.79 Å². The standard InChI is InChI=1S/C60H63N7O3/c68-60(70-46-59-57-24-6-1-2-7-25-58(57)59)67(41-47-26-28-51(29-27-47)50-18-4-3-5-19-50)34-16-17-35-69-56-37-48(39-65(42-52-20-8-12-30-61-52)43-53-21-9-13-31-62-53)36-49(38-56)40-66(44-54-22-10-14-32-63-54)45-55-23-11-15-33-64-55/h3-5,8-15,18-23,26-33,36-38,57-59H,6-7,16-17,24-25,34-35,39-46H2/t57-,58+,59?. The number of hydrogen-bond donors (Lipinski definition) is 0. The van der Waals surface area contributed by atoms with E-state index >= 15 is 0 Å². The van der Waals surface area contributed by atoms with Gasteiger partial charge in [-0.3, -0.25) is 29.7 Å². The predicted molar refractivity (Wildman–Crippen MR) is 274 cm³/mol. The summed E-state index contributed by atoms with van der Waals surface area (Å²) in [4.78, 5) is 39.3. The minimum Gasteiger partial charge on any atom is -0.494 e. The van der Waals surface area contributed by atoms with E-state index in [0.29, 0.717) is 83.3 Å². The van der Waals surface area contributed by atoms with E-state index in [9.17, 15) is 4.79 Å². The second kappa shape index (κ2) is 24.9. The summed E-state index contributed by atoms with van der Waals surface area (Å²) < 4.78 is 12.8. The average molecular weight is 930 g/mol. The van der Waals surface area contributed by atoms with Crippen LogP contribution in [0.1, 0.15) is 78.0 Å². The van der Waals surface area contributed by atoms with E-state index < -0.39 is 0 Å². The van der Waals surface area contributed by atoms with Gasteiger partial charge in [0.15, 0.2) is 0 Å². The Morgan fingerprint density at radius 2 is 1.00 bits per heavy atom. The van der Waals surface area contributed by atoms with Gasteiger partial charge in [-0.05, 0) is 132 Å². The molecule has 0 aliphatic heterocycles.